The Bertz CT molecular complexity index is 637. The van der Waals surface area contributed by atoms with Crippen molar-refractivity contribution in [3.05, 3.63) is 41.5 Å². The van der Waals surface area contributed by atoms with E-state index in [4.69, 9.17) is 4.84 Å². The van der Waals surface area contributed by atoms with Crippen molar-refractivity contribution in [1.82, 2.24) is 9.80 Å². The predicted octanol–water partition coefficient (Wildman–Crippen LogP) is 3.41. The Morgan fingerprint density at radius 2 is 1.75 bits per heavy atom. The minimum absolute atomic E-state index is 0.258. The largest absolute Gasteiger partial charge is 0.393 e. The van der Waals surface area contributed by atoms with Gasteiger partial charge in [-0.1, -0.05) is 48.3 Å². The van der Waals surface area contributed by atoms with Crippen molar-refractivity contribution in [2.45, 2.75) is 44.6 Å². The van der Waals surface area contributed by atoms with E-state index in [0.29, 0.717) is 6.54 Å². The van der Waals surface area contributed by atoms with E-state index in [-0.39, 0.29) is 6.61 Å². The minimum Gasteiger partial charge on any atom is -0.393 e. The number of aliphatic hydroxyl groups excluding tert-OH is 1. The fraction of sp³-hybridized carbons (Fsp3) is 0.609. The van der Waals surface area contributed by atoms with Gasteiger partial charge in [0, 0.05) is 32.7 Å². The zero-order valence-electron chi connectivity index (χ0n) is 17.2. The highest BCUT2D eigenvalue weighted by molar-refractivity contribution is 6.03. The van der Waals surface area contributed by atoms with Gasteiger partial charge in [0.2, 0.25) is 0 Å². The van der Waals surface area contributed by atoms with Gasteiger partial charge in [0.1, 0.15) is 12.7 Å². The van der Waals surface area contributed by atoms with E-state index in [2.05, 4.69) is 52.3 Å². The van der Waals surface area contributed by atoms with Crippen molar-refractivity contribution in [2.75, 3.05) is 46.4 Å². The molecule has 5 heteroatoms. The fourth-order valence-corrected chi connectivity index (χ4v) is 3.86. The average molecular weight is 386 g/mol. The number of piperazine rings is 1. The van der Waals surface area contributed by atoms with E-state index in [1.165, 1.54) is 30.4 Å². The van der Waals surface area contributed by atoms with Crippen molar-refractivity contribution in [1.29, 1.82) is 0 Å². The molecule has 1 saturated heterocycles. The zero-order valence-corrected chi connectivity index (χ0v) is 17.2. The molecule has 1 saturated carbocycles. The van der Waals surface area contributed by atoms with Crippen molar-refractivity contribution in [3.8, 4) is 0 Å². The van der Waals surface area contributed by atoms with Gasteiger partial charge >= 0.3 is 0 Å². The van der Waals surface area contributed by atoms with Crippen LogP contribution < -0.4 is 0 Å². The summed E-state index contributed by atoms with van der Waals surface area (Å²) >= 11 is 0. The highest BCUT2D eigenvalue weighted by Gasteiger charge is 2.18. The van der Waals surface area contributed by atoms with Crippen LogP contribution in [0.25, 0.3) is 6.08 Å². The molecule has 1 aliphatic carbocycles. The second kappa shape index (κ2) is 11.3. The van der Waals surface area contributed by atoms with Crippen LogP contribution in [0.5, 0.6) is 0 Å². The average Bonchev–Trinajstić information content (AvgIpc) is 2.69. The summed E-state index contributed by atoms with van der Waals surface area (Å²) in [5.74, 6) is 0. The van der Waals surface area contributed by atoms with E-state index < -0.39 is 6.10 Å². The van der Waals surface area contributed by atoms with Gasteiger partial charge in [-0.15, -0.1) is 0 Å². The predicted molar refractivity (Wildman–Crippen MR) is 115 cm³/mol. The number of aliphatic hydroxyl groups is 1. The molecule has 0 spiro atoms. The number of hydrogen-bond acceptors (Lipinski definition) is 5. The lowest BCUT2D eigenvalue weighted by atomic mass is 9.93. The molecular weight excluding hydrogens is 350 g/mol. The Morgan fingerprint density at radius 3 is 2.50 bits per heavy atom. The van der Waals surface area contributed by atoms with Gasteiger partial charge in [0.25, 0.3) is 0 Å². The first-order valence-corrected chi connectivity index (χ1v) is 10.7. The maximum atomic E-state index is 10.3. The van der Waals surface area contributed by atoms with Crippen LogP contribution in [-0.4, -0.2) is 73.1 Å². The maximum absolute atomic E-state index is 10.3. The van der Waals surface area contributed by atoms with Crippen molar-refractivity contribution < 1.29 is 9.94 Å². The van der Waals surface area contributed by atoms with E-state index in [1.54, 1.807) is 0 Å². The molecule has 5 nitrogen and oxygen atoms in total. The molecule has 1 N–H and O–H groups in total. The normalized spacial score (nSPS) is 24.1. The Labute approximate surface area is 169 Å². The van der Waals surface area contributed by atoms with Crippen LogP contribution in [-0.2, 0) is 4.84 Å². The van der Waals surface area contributed by atoms with Crippen molar-refractivity contribution >= 4 is 11.8 Å². The van der Waals surface area contributed by atoms with E-state index in [0.717, 1.165) is 51.2 Å². The zero-order chi connectivity index (χ0) is 19.6. The van der Waals surface area contributed by atoms with Crippen LogP contribution in [0.15, 0.2) is 41.1 Å². The number of rotatable bonds is 6. The first-order chi connectivity index (χ1) is 13.7. The van der Waals surface area contributed by atoms with Crippen molar-refractivity contribution in [3.63, 3.8) is 0 Å². The summed E-state index contributed by atoms with van der Waals surface area (Å²) in [5.41, 5.74) is 3.54. The molecule has 0 aromatic heterocycles. The monoisotopic (exact) mass is 385 g/mol. The lowest BCUT2D eigenvalue weighted by molar-refractivity contribution is 0.0107. The fourth-order valence-electron chi connectivity index (χ4n) is 3.86. The number of nitrogens with zero attached hydrogens (tertiary/aromatic N) is 3. The van der Waals surface area contributed by atoms with Crippen LogP contribution in [0.4, 0.5) is 0 Å². The van der Waals surface area contributed by atoms with Gasteiger partial charge in [0.05, 0.1) is 5.71 Å². The molecule has 1 aromatic rings. The summed E-state index contributed by atoms with van der Waals surface area (Å²) in [6, 6.07) is 10.4. The lowest BCUT2D eigenvalue weighted by Gasteiger charge is -2.33. The molecule has 154 valence electrons. The molecule has 0 bridgehead atoms. The molecule has 1 aromatic carbocycles. The summed E-state index contributed by atoms with van der Waals surface area (Å²) in [7, 11) is 2.14. The van der Waals surface area contributed by atoms with Crippen LogP contribution >= 0.6 is 0 Å². The van der Waals surface area contributed by atoms with Gasteiger partial charge in [0.15, 0.2) is 0 Å². The third-order valence-corrected chi connectivity index (χ3v) is 5.63. The Kier molecular flexibility index (Phi) is 8.52. The number of β-amino-alcohol motifs (C(OH)–C–C–N with tert-alkyl or cyclic N) is 1. The molecule has 0 radical (unpaired) electrons. The highest BCUT2D eigenvalue weighted by Crippen LogP contribution is 2.22. The summed E-state index contributed by atoms with van der Waals surface area (Å²) in [4.78, 5) is 10.2. The van der Waals surface area contributed by atoms with Gasteiger partial charge in [-0.2, -0.15) is 0 Å². The molecule has 2 fully saturated rings. The van der Waals surface area contributed by atoms with Crippen LogP contribution in [0.2, 0.25) is 0 Å². The first kappa shape index (κ1) is 21.0. The molecule has 2 aliphatic rings. The molecule has 1 atom stereocenters. The smallest absolute Gasteiger partial charge is 0.144 e. The molecule has 0 unspecified atom stereocenters. The summed E-state index contributed by atoms with van der Waals surface area (Å²) < 4.78 is 0. The molecule has 1 heterocycles. The second-order valence-electron chi connectivity index (χ2n) is 8.09. The number of allylic oxidation sites excluding steroid dienone is 1. The van der Waals surface area contributed by atoms with Gasteiger partial charge in [-0.05, 0) is 49.9 Å². The van der Waals surface area contributed by atoms with Gasteiger partial charge < -0.3 is 14.8 Å². The van der Waals surface area contributed by atoms with Crippen molar-refractivity contribution in [2.24, 2.45) is 5.16 Å². The minimum atomic E-state index is -0.497. The first-order valence-electron chi connectivity index (χ1n) is 10.7. The molecule has 3 rings (SSSR count). The number of oxime groups is 1. The number of benzene rings is 1. The van der Waals surface area contributed by atoms with E-state index >= 15 is 0 Å². The van der Waals surface area contributed by atoms with E-state index in [1.807, 2.05) is 6.07 Å². The number of hydrogen-bond donors (Lipinski definition) is 1. The summed E-state index contributed by atoms with van der Waals surface area (Å²) in [5, 5.41) is 14.8. The maximum Gasteiger partial charge on any atom is 0.144 e. The SMILES string of the molecule is CN1CCN(C[C@H](O)CO/N=C2\CCCCCC\C2=C/c2ccccc2)CC1. The summed E-state index contributed by atoms with van der Waals surface area (Å²) in [6.45, 7) is 5.05. The van der Waals surface area contributed by atoms with Gasteiger partial charge in [-0.25, -0.2) is 0 Å². The van der Waals surface area contributed by atoms with Crippen LogP contribution in [0.3, 0.4) is 0 Å². The Hall–Kier alpha value is -1.69. The number of likely N-dealkylation sites (N-methyl/N-ethyl adjacent to an activating group) is 1. The Balaban J connectivity index is 1.56. The Morgan fingerprint density at radius 1 is 1.04 bits per heavy atom. The third-order valence-electron chi connectivity index (χ3n) is 5.63. The van der Waals surface area contributed by atoms with E-state index in [9.17, 15) is 5.11 Å². The molecule has 0 amide bonds. The van der Waals surface area contributed by atoms with Gasteiger partial charge in [-0.3, -0.25) is 4.90 Å². The topological polar surface area (TPSA) is 48.3 Å². The molecule has 1 aliphatic heterocycles. The third kappa shape index (κ3) is 7.04. The lowest BCUT2D eigenvalue weighted by Crippen LogP contribution is -2.47. The highest BCUT2D eigenvalue weighted by atomic mass is 16.6. The molecular formula is C23H35N3O2. The molecule has 28 heavy (non-hydrogen) atoms. The standard InChI is InChI=1S/C23H35N3O2/c1-25-13-15-26(16-14-25)18-22(27)19-28-24-23-12-8-3-2-7-11-21(23)17-20-9-5-4-6-10-20/h4-6,9-10,17,22,27H,2-3,7-8,11-16,18-19H2,1H3/b21-17+,24-23+/t22-/m0/s1. The summed E-state index contributed by atoms with van der Waals surface area (Å²) in [6.07, 6.45) is 8.63. The second-order valence-corrected chi connectivity index (χ2v) is 8.09. The van der Waals surface area contributed by atoms with Crippen LogP contribution in [0, 0.1) is 0 Å². The quantitative estimate of drug-likeness (QED) is 0.763. The van der Waals surface area contributed by atoms with Crippen LogP contribution in [0.1, 0.15) is 44.1 Å².